The Balaban J connectivity index is 1.53. The van der Waals surface area contributed by atoms with Gasteiger partial charge in [0, 0.05) is 17.7 Å². The fourth-order valence-electron chi connectivity index (χ4n) is 2.33. The van der Waals surface area contributed by atoms with Crippen LogP contribution >= 0.6 is 11.3 Å². The van der Waals surface area contributed by atoms with Gasteiger partial charge in [0.1, 0.15) is 6.10 Å². The van der Waals surface area contributed by atoms with Crippen molar-refractivity contribution in [3.63, 3.8) is 0 Å². The maximum absolute atomic E-state index is 12.1. The second-order valence-corrected chi connectivity index (χ2v) is 6.09. The lowest BCUT2D eigenvalue weighted by molar-refractivity contribution is -0.134. The summed E-state index contributed by atoms with van der Waals surface area (Å²) in [6.07, 6.45) is 5.04. The van der Waals surface area contributed by atoms with Crippen LogP contribution < -0.4 is 14.2 Å². The molecule has 0 saturated carbocycles. The number of thiazole rings is 1. The number of aromatic nitrogens is 1. The van der Waals surface area contributed by atoms with E-state index >= 15 is 0 Å². The Morgan fingerprint density at radius 3 is 2.75 bits per heavy atom. The van der Waals surface area contributed by atoms with Gasteiger partial charge in [0.2, 0.25) is 5.91 Å². The van der Waals surface area contributed by atoms with Crippen LogP contribution in [0.5, 0.6) is 16.7 Å². The molecule has 0 radical (unpaired) electrons. The largest absolute Gasteiger partial charge is 0.493 e. The maximum atomic E-state index is 12.1. The number of benzene rings is 1. The average molecular weight is 346 g/mol. The Bertz CT molecular complexity index is 724. The van der Waals surface area contributed by atoms with Crippen LogP contribution in [-0.4, -0.2) is 49.2 Å². The van der Waals surface area contributed by atoms with Crippen molar-refractivity contribution in [2.24, 2.45) is 0 Å². The maximum Gasteiger partial charge on any atom is 0.273 e. The van der Waals surface area contributed by atoms with Gasteiger partial charge in [-0.05, 0) is 23.8 Å². The summed E-state index contributed by atoms with van der Waals surface area (Å²) in [6, 6.07) is 5.51. The lowest BCUT2D eigenvalue weighted by Crippen LogP contribution is -2.55. The fourth-order valence-corrected chi connectivity index (χ4v) is 2.88. The highest BCUT2D eigenvalue weighted by molar-refractivity contribution is 7.11. The molecule has 0 atom stereocenters. The van der Waals surface area contributed by atoms with Gasteiger partial charge in [0.25, 0.3) is 5.19 Å². The highest BCUT2D eigenvalue weighted by atomic mass is 32.1. The lowest BCUT2D eigenvalue weighted by Gasteiger charge is -2.37. The molecule has 6 nitrogen and oxygen atoms in total. The zero-order valence-electron chi connectivity index (χ0n) is 13.5. The summed E-state index contributed by atoms with van der Waals surface area (Å²) in [5.41, 5.74) is 0.872. The van der Waals surface area contributed by atoms with Gasteiger partial charge < -0.3 is 19.1 Å². The molecule has 0 aliphatic carbocycles. The third-order valence-electron chi connectivity index (χ3n) is 3.66. The van der Waals surface area contributed by atoms with Crippen LogP contribution in [0, 0.1) is 0 Å². The van der Waals surface area contributed by atoms with Crippen molar-refractivity contribution in [1.82, 2.24) is 9.88 Å². The topological polar surface area (TPSA) is 60.9 Å². The van der Waals surface area contributed by atoms with Gasteiger partial charge in [-0.25, -0.2) is 4.98 Å². The van der Waals surface area contributed by atoms with Crippen molar-refractivity contribution in [2.75, 3.05) is 27.3 Å². The molecule has 1 fully saturated rings. The van der Waals surface area contributed by atoms with E-state index in [1.54, 1.807) is 37.5 Å². The highest BCUT2D eigenvalue weighted by Crippen LogP contribution is 2.28. The Kier molecular flexibility index (Phi) is 5.00. The van der Waals surface area contributed by atoms with Crippen LogP contribution in [0.4, 0.5) is 0 Å². The van der Waals surface area contributed by atoms with Crippen LogP contribution in [0.15, 0.2) is 35.9 Å². The third-order valence-corrected chi connectivity index (χ3v) is 4.32. The molecule has 7 heteroatoms. The van der Waals surface area contributed by atoms with Crippen molar-refractivity contribution >= 4 is 23.3 Å². The third kappa shape index (κ3) is 3.68. The minimum Gasteiger partial charge on any atom is -0.493 e. The number of likely N-dealkylation sites (tertiary alicyclic amines) is 1. The van der Waals surface area contributed by atoms with Crippen molar-refractivity contribution in [3.8, 4) is 16.7 Å². The van der Waals surface area contributed by atoms with Crippen molar-refractivity contribution in [3.05, 3.63) is 41.4 Å². The molecule has 0 spiro atoms. The molecule has 24 heavy (non-hydrogen) atoms. The number of carbonyl (C=O) groups excluding carboxylic acids is 1. The number of carbonyl (C=O) groups is 1. The molecule has 0 bridgehead atoms. The molecule has 1 saturated heterocycles. The predicted molar refractivity (Wildman–Crippen MR) is 91.7 cm³/mol. The molecular formula is C17H18N2O4S. The normalized spacial score (nSPS) is 14.5. The van der Waals surface area contributed by atoms with E-state index in [1.165, 1.54) is 11.3 Å². The zero-order chi connectivity index (χ0) is 16.9. The molecule has 1 aromatic carbocycles. The monoisotopic (exact) mass is 346 g/mol. The van der Waals surface area contributed by atoms with E-state index < -0.39 is 0 Å². The van der Waals surface area contributed by atoms with Gasteiger partial charge in [-0.1, -0.05) is 17.4 Å². The first-order chi connectivity index (χ1) is 11.7. The molecule has 0 N–H and O–H groups in total. The number of methoxy groups -OCH3 is 2. The van der Waals surface area contributed by atoms with E-state index in [2.05, 4.69) is 4.98 Å². The standard InChI is InChI=1S/C17H18N2O4S/c1-21-14-5-3-12(9-15(14)22-2)4-6-16(20)19-10-13(11-19)23-17-18-7-8-24-17/h3-9,13H,10-11H2,1-2H3/b6-4+. The first kappa shape index (κ1) is 16.3. The molecular weight excluding hydrogens is 328 g/mol. The lowest BCUT2D eigenvalue weighted by atomic mass is 10.1. The molecule has 3 rings (SSSR count). The SMILES string of the molecule is COc1ccc(/C=C/C(=O)N2CC(Oc3nccs3)C2)cc1OC. The number of hydrogen-bond acceptors (Lipinski definition) is 6. The number of amides is 1. The minimum absolute atomic E-state index is 0.0228. The predicted octanol–water partition coefficient (Wildman–Crippen LogP) is 2.46. The summed E-state index contributed by atoms with van der Waals surface area (Å²) in [5, 5.41) is 2.51. The van der Waals surface area contributed by atoms with Gasteiger partial charge in [-0.3, -0.25) is 4.79 Å². The molecule has 1 aromatic heterocycles. The van der Waals surface area contributed by atoms with Crippen LogP contribution in [-0.2, 0) is 4.79 Å². The molecule has 0 unspecified atom stereocenters. The van der Waals surface area contributed by atoms with Crippen molar-refractivity contribution < 1.29 is 19.0 Å². The second kappa shape index (κ2) is 7.35. The van der Waals surface area contributed by atoms with Gasteiger partial charge >= 0.3 is 0 Å². The van der Waals surface area contributed by atoms with Gasteiger partial charge in [-0.15, -0.1) is 0 Å². The summed E-state index contributed by atoms with van der Waals surface area (Å²) in [4.78, 5) is 17.9. The van der Waals surface area contributed by atoms with E-state index in [0.29, 0.717) is 29.8 Å². The highest BCUT2D eigenvalue weighted by Gasteiger charge is 2.31. The Labute approximate surface area is 144 Å². The molecule has 1 aliphatic rings. The first-order valence-corrected chi connectivity index (χ1v) is 8.32. The van der Waals surface area contributed by atoms with E-state index in [-0.39, 0.29) is 12.0 Å². The van der Waals surface area contributed by atoms with Crippen LogP contribution in [0.25, 0.3) is 6.08 Å². The molecule has 1 aliphatic heterocycles. The zero-order valence-corrected chi connectivity index (χ0v) is 14.3. The number of hydrogen-bond donors (Lipinski definition) is 0. The smallest absolute Gasteiger partial charge is 0.273 e. The summed E-state index contributed by atoms with van der Waals surface area (Å²) < 4.78 is 16.1. The molecule has 2 heterocycles. The van der Waals surface area contributed by atoms with Crippen LogP contribution in [0.3, 0.4) is 0 Å². The molecule has 2 aromatic rings. The Morgan fingerprint density at radius 2 is 2.08 bits per heavy atom. The van der Waals surface area contributed by atoms with Crippen molar-refractivity contribution in [1.29, 1.82) is 0 Å². The van der Waals surface area contributed by atoms with Gasteiger partial charge in [-0.2, -0.15) is 0 Å². The number of ether oxygens (including phenoxy) is 3. The number of nitrogens with zero attached hydrogens (tertiary/aromatic N) is 2. The van der Waals surface area contributed by atoms with E-state index in [9.17, 15) is 4.79 Å². The molecule has 126 valence electrons. The summed E-state index contributed by atoms with van der Waals surface area (Å²) >= 11 is 1.45. The fraction of sp³-hybridized carbons (Fsp3) is 0.294. The van der Waals surface area contributed by atoms with Crippen LogP contribution in [0.1, 0.15) is 5.56 Å². The number of rotatable bonds is 6. The first-order valence-electron chi connectivity index (χ1n) is 7.44. The Hall–Kier alpha value is -2.54. The van der Waals surface area contributed by atoms with Crippen LogP contribution in [0.2, 0.25) is 0 Å². The quantitative estimate of drug-likeness (QED) is 0.752. The van der Waals surface area contributed by atoms with Gasteiger partial charge in [0.05, 0.1) is 27.3 Å². The summed E-state index contributed by atoms with van der Waals surface area (Å²) in [5.74, 6) is 1.25. The van der Waals surface area contributed by atoms with E-state index in [4.69, 9.17) is 14.2 Å². The average Bonchev–Trinajstić information content (AvgIpc) is 3.08. The summed E-state index contributed by atoms with van der Waals surface area (Å²) in [6.45, 7) is 1.16. The Morgan fingerprint density at radius 1 is 1.29 bits per heavy atom. The van der Waals surface area contributed by atoms with Gasteiger partial charge in [0.15, 0.2) is 11.5 Å². The summed E-state index contributed by atoms with van der Waals surface area (Å²) in [7, 11) is 3.17. The van der Waals surface area contributed by atoms with E-state index in [1.807, 2.05) is 23.6 Å². The second-order valence-electron chi connectivity index (χ2n) is 5.23. The molecule has 1 amide bonds. The van der Waals surface area contributed by atoms with Crippen molar-refractivity contribution in [2.45, 2.75) is 6.10 Å². The van der Waals surface area contributed by atoms with E-state index in [0.717, 1.165) is 5.56 Å². The minimum atomic E-state index is -0.0382.